The quantitative estimate of drug-likeness (QED) is 0.836. The minimum absolute atomic E-state index is 0.201. The van der Waals surface area contributed by atoms with Gasteiger partial charge in [-0.1, -0.05) is 23.7 Å². The van der Waals surface area contributed by atoms with Gasteiger partial charge in [-0.3, -0.25) is 0 Å². The van der Waals surface area contributed by atoms with Crippen molar-refractivity contribution in [2.45, 2.75) is 6.92 Å². The average Bonchev–Trinajstić information content (AvgIpc) is 2.35. The molecule has 0 amide bonds. The van der Waals surface area contributed by atoms with E-state index in [0.29, 0.717) is 16.5 Å². The molecule has 0 aromatic heterocycles. The van der Waals surface area contributed by atoms with E-state index >= 15 is 0 Å². The highest BCUT2D eigenvalue weighted by Gasteiger charge is 2.08. The summed E-state index contributed by atoms with van der Waals surface area (Å²) in [6.07, 6.45) is 0. The maximum absolute atomic E-state index is 5.86. The number of thiocarbonyl (C=S) groups is 1. The number of nitrogens with two attached hydrogens (primary N) is 1. The summed E-state index contributed by atoms with van der Waals surface area (Å²) in [7, 11) is 0. The molecule has 0 radical (unpaired) electrons. The normalized spacial score (nSPS) is 10.0. The van der Waals surface area contributed by atoms with Crippen LogP contribution in [0.2, 0.25) is 5.02 Å². The molecule has 2 aromatic carbocycles. The van der Waals surface area contributed by atoms with Gasteiger partial charge in [0.25, 0.3) is 0 Å². The summed E-state index contributed by atoms with van der Waals surface area (Å²) < 4.78 is 5.86. The summed E-state index contributed by atoms with van der Waals surface area (Å²) >= 11 is 10.7. The second-order valence-electron chi connectivity index (χ2n) is 4.00. The van der Waals surface area contributed by atoms with Crippen LogP contribution in [0.5, 0.6) is 11.5 Å². The number of para-hydroxylation sites is 1. The van der Waals surface area contributed by atoms with Crippen molar-refractivity contribution >= 4 is 34.6 Å². The first-order chi connectivity index (χ1) is 9.06. The van der Waals surface area contributed by atoms with E-state index in [9.17, 15) is 0 Å². The zero-order valence-electron chi connectivity index (χ0n) is 10.3. The van der Waals surface area contributed by atoms with Crippen LogP contribution in [0, 0.1) is 6.92 Å². The molecule has 0 aliphatic rings. The third-order valence-electron chi connectivity index (χ3n) is 2.50. The van der Waals surface area contributed by atoms with E-state index in [-0.39, 0.29) is 5.11 Å². The summed E-state index contributed by atoms with van der Waals surface area (Å²) in [5.41, 5.74) is 7.22. The van der Waals surface area contributed by atoms with E-state index in [1.54, 1.807) is 24.3 Å². The SMILES string of the molecule is Cc1cccc(NC(N)=S)c1Oc1ccc(Cl)cc1. The maximum atomic E-state index is 5.86. The summed E-state index contributed by atoms with van der Waals surface area (Å²) in [6.45, 7) is 1.95. The van der Waals surface area contributed by atoms with Crippen molar-refractivity contribution < 1.29 is 4.74 Å². The monoisotopic (exact) mass is 292 g/mol. The van der Waals surface area contributed by atoms with Crippen LogP contribution in [0.1, 0.15) is 5.56 Å². The molecule has 0 bridgehead atoms. The van der Waals surface area contributed by atoms with Crippen LogP contribution < -0.4 is 15.8 Å². The van der Waals surface area contributed by atoms with Crippen molar-refractivity contribution in [1.29, 1.82) is 0 Å². The molecule has 5 heteroatoms. The topological polar surface area (TPSA) is 47.3 Å². The second-order valence-corrected chi connectivity index (χ2v) is 4.87. The number of hydrogen-bond acceptors (Lipinski definition) is 2. The van der Waals surface area contributed by atoms with Crippen molar-refractivity contribution in [3.63, 3.8) is 0 Å². The van der Waals surface area contributed by atoms with Gasteiger partial charge < -0.3 is 15.8 Å². The number of hydrogen-bond donors (Lipinski definition) is 2. The van der Waals surface area contributed by atoms with E-state index < -0.39 is 0 Å². The largest absolute Gasteiger partial charge is 0.455 e. The summed E-state index contributed by atoms with van der Waals surface area (Å²) in [4.78, 5) is 0. The number of benzene rings is 2. The van der Waals surface area contributed by atoms with Crippen LogP contribution in [0.15, 0.2) is 42.5 Å². The van der Waals surface area contributed by atoms with Crippen LogP contribution in [0.25, 0.3) is 0 Å². The third kappa shape index (κ3) is 3.59. The third-order valence-corrected chi connectivity index (χ3v) is 2.86. The highest BCUT2D eigenvalue weighted by molar-refractivity contribution is 7.80. The molecule has 2 rings (SSSR count). The highest BCUT2D eigenvalue weighted by Crippen LogP contribution is 2.33. The fraction of sp³-hybridized carbons (Fsp3) is 0.0714. The lowest BCUT2D eigenvalue weighted by Crippen LogP contribution is -2.19. The first-order valence-electron chi connectivity index (χ1n) is 5.66. The lowest BCUT2D eigenvalue weighted by atomic mass is 10.2. The molecule has 0 saturated heterocycles. The van der Waals surface area contributed by atoms with Gasteiger partial charge in [-0.15, -0.1) is 0 Å². The van der Waals surface area contributed by atoms with Crippen molar-refractivity contribution in [1.82, 2.24) is 0 Å². The molecule has 3 N–H and O–H groups in total. The molecule has 0 aliphatic heterocycles. The Labute approximate surface area is 122 Å². The Hall–Kier alpha value is -1.78. The molecule has 2 aromatic rings. The molecule has 0 spiro atoms. The van der Waals surface area contributed by atoms with Crippen molar-refractivity contribution in [2.75, 3.05) is 5.32 Å². The maximum Gasteiger partial charge on any atom is 0.168 e. The number of aryl methyl sites for hydroxylation is 1. The van der Waals surface area contributed by atoms with Crippen molar-refractivity contribution in [2.24, 2.45) is 5.73 Å². The molecule has 0 atom stereocenters. The van der Waals surface area contributed by atoms with E-state index in [4.69, 9.17) is 34.3 Å². The van der Waals surface area contributed by atoms with Gasteiger partial charge in [-0.05, 0) is 55.0 Å². The first kappa shape index (κ1) is 13.6. The Kier molecular flexibility index (Phi) is 4.24. The summed E-state index contributed by atoms with van der Waals surface area (Å²) in [6, 6.07) is 12.9. The molecule has 0 saturated carbocycles. The number of nitrogens with one attached hydrogen (secondary N) is 1. The molecule has 98 valence electrons. The predicted molar refractivity (Wildman–Crippen MR) is 83.1 cm³/mol. The minimum atomic E-state index is 0.201. The summed E-state index contributed by atoms with van der Waals surface area (Å²) in [5.74, 6) is 1.39. The van der Waals surface area contributed by atoms with Crippen molar-refractivity contribution in [3.05, 3.63) is 53.1 Å². The number of ether oxygens (including phenoxy) is 1. The van der Waals surface area contributed by atoms with Crippen LogP contribution in [0.3, 0.4) is 0 Å². The highest BCUT2D eigenvalue weighted by atomic mass is 35.5. The zero-order valence-corrected chi connectivity index (χ0v) is 11.9. The van der Waals surface area contributed by atoms with Crippen LogP contribution in [-0.4, -0.2) is 5.11 Å². The standard InChI is InChI=1S/C14H13ClN2OS/c1-9-3-2-4-12(17-14(16)19)13(9)18-11-7-5-10(15)6-8-11/h2-8H,1H3,(H3,16,17,19). The van der Waals surface area contributed by atoms with Crippen LogP contribution >= 0.6 is 23.8 Å². The van der Waals surface area contributed by atoms with Crippen molar-refractivity contribution in [3.8, 4) is 11.5 Å². The van der Waals surface area contributed by atoms with E-state index in [2.05, 4.69) is 5.32 Å². The van der Waals surface area contributed by atoms with Gasteiger partial charge in [0.2, 0.25) is 0 Å². The molecule has 0 heterocycles. The number of rotatable bonds is 3. The molecule has 0 unspecified atom stereocenters. The fourth-order valence-electron chi connectivity index (χ4n) is 1.64. The van der Waals surface area contributed by atoms with Gasteiger partial charge in [-0.25, -0.2) is 0 Å². The second kappa shape index (κ2) is 5.91. The van der Waals surface area contributed by atoms with Crippen LogP contribution in [-0.2, 0) is 0 Å². The first-order valence-corrected chi connectivity index (χ1v) is 6.44. The van der Waals surface area contributed by atoms with Gasteiger partial charge in [0.15, 0.2) is 10.9 Å². The molecule has 19 heavy (non-hydrogen) atoms. The molecular weight excluding hydrogens is 280 g/mol. The van der Waals surface area contributed by atoms with Gasteiger partial charge in [0.1, 0.15) is 5.75 Å². The Morgan fingerprint density at radius 1 is 1.21 bits per heavy atom. The van der Waals surface area contributed by atoms with E-state index in [1.165, 1.54) is 0 Å². The van der Waals surface area contributed by atoms with Gasteiger partial charge in [-0.2, -0.15) is 0 Å². The Balaban J connectivity index is 2.32. The molecule has 0 fully saturated rings. The Morgan fingerprint density at radius 2 is 1.89 bits per heavy atom. The van der Waals surface area contributed by atoms with E-state index in [1.807, 2.05) is 25.1 Å². The Morgan fingerprint density at radius 3 is 2.53 bits per heavy atom. The Bertz CT molecular complexity index is 599. The zero-order chi connectivity index (χ0) is 13.8. The molecule has 3 nitrogen and oxygen atoms in total. The van der Waals surface area contributed by atoms with Gasteiger partial charge in [0, 0.05) is 5.02 Å². The van der Waals surface area contributed by atoms with Crippen LogP contribution in [0.4, 0.5) is 5.69 Å². The predicted octanol–water partition coefficient (Wildman–Crippen LogP) is 4.10. The average molecular weight is 293 g/mol. The molecule has 0 aliphatic carbocycles. The minimum Gasteiger partial charge on any atom is -0.455 e. The smallest absolute Gasteiger partial charge is 0.168 e. The van der Waals surface area contributed by atoms with Gasteiger partial charge in [0.05, 0.1) is 5.69 Å². The van der Waals surface area contributed by atoms with E-state index in [0.717, 1.165) is 11.3 Å². The van der Waals surface area contributed by atoms with Gasteiger partial charge >= 0.3 is 0 Å². The lowest BCUT2D eigenvalue weighted by Gasteiger charge is -2.14. The lowest BCUT2D eigenvalue weighted by molar-refractivity contribution is 0.481. The number of halogens is 1. The fourth-order valence-corrected chi connectivity index (χ4v) is 1.88. The molecular formula is C14H13ClN2OS. The summed E-state index contributed by atoms with van der Waals surface area (Å²) in [5, 5.41) is 3.77. The number of anilines is 1.